The Morgan fingerprint density at radius 2 is 1.65 bits per heavy atom. The van der Waals surface area contributed by atoms with E-state index in [0.717, 1.165) is 43.4 Å². The van der Waals surface area contributed by atoms with E-state index < -0.39 is 6.10 Å². The highest BCUT2D eigenvalue weighted by atomic mass is 16.5. The van der Waals surface area contributed by atoms with E-state index in [0.29, 0.717) is 5.75 Å². The highest BCUT2D eigenvalue weighted by molar-refractivity contribution is 5.94. The van der Waals surface area contributed by atoms with Crippen LogP contribution in [0.5, 0.6) is 11.5 Å². The van der Waals surface area contributed by atoms with E-state index in [9.17, 15) is 4.79 Å². The van der Waals surface area contributed by atoms with Gasteiger partial charge in [-0.2, -0.15) is 0 Å². The third-order valence-electron chi connectivity index (χ3n) is 4.25. The molecule has 0 spiro atoms. The molecule has 0 radical (unpaired) electrons. The Balaban J connectivity index is 1.54. The molecule has 0 saturated carbocycles. The summed E-state index contributed by atoms with van der Waals surface area (Å²) < 4.78 is 16.2. The number of benzene rings is 2. The van der Waals surface area contributed by atoms with Crippen molar-refractivity contribution in [1.82, 2.24) is 0 Å². The molecule has 1 heterocycles. The normalized spacial score (nSPS) is 15.2. The second-order valence-corrected chi connectivity index (χ2v) is 6.07. The molecule has 0 aliphatic carbocycles. The van der Waals surface area contributed by atoms with Gasteiger partial charge in [0.05, 0.1) is 20.3 Å². The maximum Gasteiger partial charge on any atom is 0.265 e. The van der Waals surface area contributed by atoms with Crippen molar-refractivity contribution in [1.29, 1.82) is 0 Å². The van der Waals surface area contributed by atoms with Crippen molar-refractivity contribution in [3.63, 3.8) is 0 Å². The number of ether oxygens (including phenoxy) is 3. The Bertz CT molecular complexity index is 710. The number of carbonyl (C=O) groups is 1. The van der Waals surface area contributed by atoms with Gasteiger partial charge in [0, 0.05) is 24.5 Å². The van der Waals surface area contributed by atoms with Gasteiger partial charge in [-0.05, 0) is 55.5 Å². The van der Waals surface area contributed by atoms with Gasteiger partial charge in [0.25, 0.3) is 5.91 Å². The molecular weight excluding hydrogens is 332 g/mol. The van der Waals surface area contributed by atoms with Gasteiger partial charge in [0.2, 0.25) is 0 Å². The molecule has 1 aliphatic heterocycles. The molecule has 6 nitrogen and oxygen atoms in total. The van der Waals surface area contributed by atoms with Crippen molar-refractivity contribution in [2.45, 2.75) is 13.0 Å². The van der Waals surface area contributed by atoms with E-state index in [1.54, 1.807) is 38.3 Å². The second-order valence-electron chi connectivity index (χ2n) is 6.07. The summed E-state index contributed by atoms with van der Waals surface area (Å²) in [5, 5.41) is 2.88. The molecule has 6 heteroatoms. The Morgan fingerprint density at radius 1 is 1.04 bits per heavy atom. The van der Waals surface area contributed by atoms with Gasteiger partial charge in [-0.15, -0.1) is 0 Å². The molecule has 1 saturated heterocycles. The topological polar surface area (TPSA) is 60.0 Å². The molecule has 3 rings (SSSR count). The zero-order valence-electron chi connectivity index (χ0n) is 15.1. The highest BCUT2D eigenvalue weighted by Gasteiger charge is 2.16. The minimum atomic E-state index is -0.609. The predicted octanol–water partition coefficient (Wildman–Crippen LogP) is 2.94. The van der Waals surface area contributed by atoms with E-state index in [1.807, 2.05) is 24.3 Å². The number of morpholine rings is 1. The van der Waals surface area contributed by atoms with E-state index in [1.165, 1.54) is 0 Å². The predicted molar refractivity (Wildman–Crippen MR) is 101 cm³/mol. The number of methoxy groups -OCH3 is 1. The molecule has 0 aromatic heterocycles. The summed E-state index contributed by atoms with van der Waals surface area (Å²) in [5.74, 6) is 1.17. The Morgan fingerprint density at radius 3 is 2.27 bits per heavy atom. The fraction of sp³-hybridized carbons (Fsp3) is 0.350. The SMILES string of the molecule is COc1ccc(OC(C)C(=O)Nc2ccc(N3CCOCC3)cc2)cc1. The average Bonchev–Trinajstić information content (AvgIpc) is 2.70. The molecule has 1 aliphatic rings. The van der Waals surface area contributed by atoms with E-state index in [-0.39, 0.29) is 5.91 Å². The number of hydrogen-bond donors (Lipinski definition) is 1. The Kier molecular flexibility index (Phi) is 5.96. The number of rotatable bonds is 6. The van der Waals surface area contributed by atoms with Crippen molar-refractivity contribution < 1.29 is 19.0 Å². The van der Waals surface area contributed by atoms with Crippen LogP contribution in [0.2, 0.25) is 0 Å². The van der Waals surface area contributed by atoms with Crippen LogP contribution in [-0.4, -0.2) is 45.4 Å². The lowest BCUT2D eigenvalue weighted by Crippen LogP contribution is -2.36. The monoisotopic (exact) mass is 356 g/mol. The molecule has 1 fully saturated rings. The number of amides is 1. The second kappa shape index (κ2) is 8.58. The van der Waals surface area contributed by atoms with Gasteiger partial charge in [-0.1, -0.05) is 0 Å². The molecule has 1 amide bonds. The Labute approximate surface area is 153 Å². The largest absolute Gasteiger partial charge is 0.497 e. The molecule has 1 N–H and O–H groups in total. The van der Waals surface area contributed by atoms with E-state index >= 15 is 0 Å². The van der Waals surface area contributed by atoms with Gasteiger partial charge in [0.15, 0.2) is 6.10 Å². The van der Waals surface area contributed by atoms with Crippen LogP contribution in [0.1, 0.15) is 6.92 Å². The highest BCUT2D eigenvalue weighted by Crippen LogP contribution is 2.21. The number of nitrogens with one attached hydrogen (secondary N) is 1. The zero-order valence-corrected chi connectivity index (χ0v) is 15.1. The minimum Gasteiger partial charge on any atom is -0.497 e. The molecule has 2 aromatic carbocycles. The standard InChI is InChI=1S/C20H24N2O4/c1-15(26-19-9-7-18(24-2)8-10-19)20(23)21-16-3-5-17(6-4-16)22-11-13-25-14-12-22/h3-10,15H,11-14H2,1-2H3,(H,21,23). The van der Waals surface area contributed by atoms with Crippen LogP contribution in [0.15, 0.2) is 48.5 Å². The molecule has 0 bridgehead atoms. The number of carbonyl (C=O) groups excluding carboxylic acids is 1. The van der Waals surface area contributed by atoms with Crippen molar-refractivity contribution in [2.24, 2.45) is 0 Å². The summed E-state index contributed by atoms with van der Waals surface area (Å²) in [6.45, 7) is 5.00. The van der Waals surface area contributed by atoms with Crippen LogP contribution in [0.25, 0.3) is 0 Å². The average molecular weight is 356 g/mol. The van der Waals surface area contributed by atoms with Gasteiger partial charge in [-0.25, -0.2) is 0 Å². The lowest BCUT2D eigenvalue weighted by atomic mass is 10.2. The van der Waals surface area contributed by atoms with Crippen LogP contribution >= 0.6 is 0 Å². The summed E-state index contributed by atoms with van der Waals surface area (Å²) in [5.41, 5.74) is 1.88. The first kappa shape index (κ1) is 18.1. The van der Waals surface area contributed by atoms with Crippen LogP contribution in [0.3, 0.4) is 0 Å². The minimum absolute atomic E-state index is 0.194. The fourth-order valence-corrected chi connectivity index (χ4v) is 2.73. The maximum absolute atomic E-state index is 12.3. The third kappa shape index (κ3) is 4.67. The molecule has 1 unspecified atom stereocenters. The van der Waals surface area contributed by atoms with Crippen molar-refractivity contribution in [3.8, 4) is 11.5 Å². The van der Waals surface area contributed by atoms with Crippen molar-refractivity contribution >= 4 is 17.3 Å². The first-order chi connectivity index (χ1) is 12.7. The summed E-state index contributed by atoms with van der Waals surface area (Å²) in [6.07, 6.45) is -0.609. The zero-order chi connectivity index (χ0) is 18.4. The van der Waals surface area contributed by atoms with Crippen LogP contribution in [-0.2, 0) is 9.53 Å². The van der Waals surface area contributed by atoms with E-state index in [2.05, 4.69) is 10.2 Å². The first-order valence-corrected chi connectivity index (χ1v) is 8.70. The number of nitrogens with zero attached hydrogens (tertiary/aromatic N) is 1. The maximum atomic E-state index is 12.3. The number of hydrogen-bond acceptors (Lipinski definition) is 5. The van der Waals surface area contributed by atoms with Crippen LogP contribution in [0, 0.1) is 0 Å². The molecule has 26 heavy (non-hydrogen) atoms. The van der Waals surface area contributed by atoms with E-state index in [4.69, 9.17) is 14.2 Å². The fourth-order valence-electron chi connectivity index (χ4n) is 2.73. The van der Waals surface area contributed by atoms with Crippen LogP contribution in [0.4, 0.5) is 11.4 Å². The molecule has 1 atom stereocenters. The van der Waals surface area contributed by atoms with Crippen LogP contribution < -0.4 is 19.7 Å². The number of anilines is 2. The smallest absolute Gasteiger partial charge is 0.265 e. The summed E-state index contributed by atoms with van der Waals surface area (Å²) in [4.78, 5) is 14.6. The summed E-state index contributed by atoms with van der Waals surface area (Å²) >= 11 is 0. The molecule has 2 aromatic rings. The molecule has 138 valence electrons. The lowest BCUT2D eigenvalue weighted by Gasteiger charge is -2.29. The quantitative estimate of drug-likeness (QED) is 0.862. The van der Waals surface area contributed by atoms with Crippen molar-refractivity contribution in [3.05, 3.63) is 48.5 Å². The summed E-state index contributed by atoms with van der Waals surface area (Å²) in [6, 6.07) is 15.0. The van der Waals surface area contributed by atoms with Crippen molar-refractivity contribution in [2.75, 3.05) is 43.6 Å². The van der Waals surface area contributed by atoms with Gasteiger partial charge in [0.1, 0.15) is 11.5 Å². The molecular formula is C20H24N2O4. The third-order valence-corrected chi connectivity index (χ3v) is 4.25. The Hall–Kier alpha value is -2.73. The van der Waals surface area contributed by atoms with Gasteiger partial charge >= 0.3 is 0 Å². The van der Waals surface area contributed by atoms with Gasteiger partial charge in [-0.3, -0.25) is 4.79 Å². The first-order valence-electron chi connectivity index (χ1n) is 8.70. The van der Waals surface area contributed by atoms with Gasteiger partial charge < -0.3 is 24.4 Å². The lowest BCUT2D eigenvalue weighted by molar-refractivity contribution is -0.122. The summed E-state index contributed by atoms with van der Waals surface area (Å²) in [7, 11) is 1.61.